The number of methoxy groups -OCH3 is 1. The SMILES string of the molecule is CN=C(NCCNS(=O)(=O)c1ccc(C)cc1)NCCc1ccc(OC)cc1. The van der Waals surface area contributed by atoms with E-state index in [2.05, 4.69) is 20.3 Å². The maximum atomic E-state index is 12.2. The summed E-state index contributed by atoms with van der Waals surface area (Å²) in [6, 6.07) is 14.7. The predicted octanol–water partition coefficient (Wildman–Crippen LogP) is 1.69. The summed E-state index contributed by atoms with van der Waals surface area (Å²) in [6.07, 6.45) is 0.838. The van der Waals surface area contributed by atoms with Gasteiger partial charge in [-0.1, -0.05) is 29.8 Å². The Kier molecular flexibility index (Phi) is 8.28. The van der Waals surface area contributed by atoms with Gasteiger partial charge in [-0.15, -0.1) is 0 Å². The predicted molar refractivity (Wildman–Crippen MR) is 112 cm³/mol. The van der Waals surface area contributed by atoms with Crippen LogP contribution in [0, 0.1) is 6.92 Å². The fourth-order valence-electron chi connectivity index (χ4n) is 2.51. The van der Waals surface area contributed by atoms with Gasteiger partial charge in [-0.2, -0.15) is 0 Å². The van der Waals surface area contributed by atoms with Gasteiger partial charge in [-0.05, 0) is 43.2 Å². The number of rotatable bonds is 9. The van der Waals surface area contributed by atoms with Crippen LogP contribution in [-0.2, 0) is 16.4 Å². The fraction of sp³-hybridized carbons (Fsp3) is 0.350. The molecule has 0 fully saturated rings. The highest BCUT2D eigenvalue weighted by molar-refractivity contribution is 7.89. The highest BCUT2D eigenvalue weighted by Crippen LogP contribution is 2.11. The lowest BCUT2D eigenvalue weighted by Gasteiger charge is -2.13. The molecule has 7 nitrogen and oxygen atoms in total. The molecule has 8 heteroatoms. The van der Waals surface area contributed by atoms with Gasteiger partial charge >= 0.3 is 0 Å². The maximum Gasteiger partial charge on any atom is 0.240 e. The van der Waals surface area contributed by atoms with E-state index in [1.807, 2.05) is 31.2 Å². The van der Waals surface area contributed by atoms with E-state index in [1.165, 1.54) is 5.56 Å². The van der Waals surface area contributed by atoms with Crippen LogP contribution in [0.4, 0.5) is 0 Å². The average Bonchev–Trinajstić information content (AvgIpc) is 2.70. The standard InChI is InChI=1S/C20H28N4O3S/c1-16-4-10-19(11-5-16)28(25,26)24-15-14-23-20(21-2)22-13-12-17-6-8-18(27-3)9-7-17/h4-11,24H,12-15H2,1-3H3,(H2,21,22,23). The van der Waals surface area contributed by atoms with Crippen molar-refractivity contribution < 1.29 is 13.2 Å². The molecule has 152 valence electrons. The lowest BCUT2D eigenvalue weighted by atomic mass is 10.1. The number of ether oxygens (including phenoxy) is 1. The highest BCUT2D eigenvalue weighted by Gasteiger charge is 2.12. The molecule has 3 N–H and O–H groups in total. The third-order valence-corrected chi connectivity index (χ3v) is 5.61. The molecule has 28 heavy (non-hydrogen) atoms. The summed E-state index contributed by atoms with van der Waals surface area (Å²) in [5, 5.41) is 6.31. The first-order valence-electron chi connectivity index (χ1n) is 9.08. The number of hydrogen-bond acceptors (Lipinski definition) is 4. The van der Waals surface area contributed by atoms with Crippen molar-refractivity contribution in [3.05, 3.63) is 59.7 Å². The molecule has 0 saturated heterocycles. The zero-order valence-electron chi connectivity index (χ0n) is 16.5. The molecule has 0 radical (unpaired) electrons. The summed E-state index contributed by atoms with van der Waals surface area (Å²) in [4.78, 5) is 4.41. The summed E-state index contributed by atoms with van der Waals surface area (Å²) in [7, 11) is -0.175. The summed E-state index contributed by atoms with van der Waals surface area (Å²) in [6.45, 7) is 3.31. The molecule has 0 aliphatic rings. The Morgan fingerprint density at radius 2 is 1.61 bits per heavy atom. The van der Waals surface area contributed by atoms with Crippen LogP contribution in [0.2, 0.25) is 0 Å². The van der Waals surface area contributed by atoms with Crippen molar-refractivity contribution >= 4 is 16.0 Å². The second-order valence-corrected chi connectivity index (χ2v) is 8.00. The molecule has 0 aromatic heterocycles. The second kappa shape index (κ2) is 10.7. The van der Waals surface area contributed by atoms with E-state index in [9.17, 15) is 8.42 Å². The third-order valence-electron chi connectivity index (χ3n) is 4.13. The zero-order valence-corrected chi connectivity index (χ0v) is 17.3. The second-order valence-electron chi connectivity index (χ2n) is 6.23. The van der Waals surface area contributed by atoms with E-state index in [0.717, 1.165) is 17.7 Å². The Morgan fingerprint density at radius 1 is 0.964 bits per heavy atom. The van der Waals surface area contributed by atoms with Crippen molar-refractivity contribution in [1.29, 1.82) is 0 Å². The fourth-order valence-corrected chi connectivity index (χ4v) is 3.54. The minimum Gasteiger partial charge on any atom is -0.497 e. The molecule has 2 aromatic carbocycles. The van der Waals surface area contributed by atoms with Crippen LogP contribution in [0.3, 0.4) is 0 Å². The third kappa shape index (κ3) is 6.86. The van der Waals surface area contributed by atoms with Crippen molar-refractivity contribution in [3.63, 3.8) is 0 Å². The number of guanidine groups is 1. The summed E-state index contributed by atoms with van der Waals surface area (Å²) < 4.78 is 32.2. The van der Waals surface area contributed by atoms with Gasteiger partial charge in [0.05, 0.1) is 12.0 Å². The monoisotopic (exact) mass is 404 g/mol. The quantitative estimate of drug-likeness (QED) is 0.336. The molecular formula is C20H28N4O3S. The normalized spacial score (nSPS) is 11.9. The van der Waals surface area contributed by atoms with Crippen LogP contribution < -0.4 is 20.1 Å². The summed E-state index contributed by atoms with van der Waals surface area (Å²) in [5.74, 6) is 1.46. The number of aliphatic imine (C=N–C) groups is 1. The van der Waals surface area contributed by atoms with Crippen molar-refractivity contribution in [3.8, 4) is 5.75 Å². The van der Waals surface area contributed by atoms with Gasteiger partial charge in [-0.25, -0.2) is 13.1 Å². The minimum absolute atomic E-state index is 0.259. The van der Waals surface area contributed by atoms with Crippen LogP contribution >= 0.6 is 0 Å². The van der Waals surface area contributed by atoms with Crippen molar-refractivity contribution in [2.75, 3.05) is 33.8 Å². The number of sulfonamides is 1. The topological polar surface area (TPSA) is 91.8 Å². The van der Waals surface area contributed by atoms with E-state index in [-0.39, 0.29) is 11.4 Å². The van der Waals surface area contributed by atoms with Crippen LogP contribution in [-0.4, -0.2) is 48.2 Å². The van der Waals surface area contributed by atoms with Crippen LogP contribution in [0.1, 0.15) is 11.1 Å². The molecule has 0 unspecified atom stereocenters. The Bertz CT molecular complexity index is 863. The lowest BCUT2D eigenvalue weighted by molar-refractivity contribution is 0.414. The minimum atomic E-state index is -3.50. The Labute approximate surface area is 167 Å². The van der Waals surface area contributed by atoms with E-state index in [1.54, 1.807) is 38.4 Å². The van der Waals surface area contributed by atoms with Gasteiger partial charge in [-0.3, -0.25) is 4.99 Å². The van der Waals surface area contributed by atoms with Gasteiger partial charge in [0.2, 0.25) is 10.0 Å². The molecule has 0 bridgehead atoms. The Balaban J connectivity index is 1.71. The van der Waals surface area contributed by atoms with E-state index in [4.69, 9.17) is 4.74 Å². The molecule has 2 rings (SSSR count). The number of hydrogen-bond donors (Lipinski definition) is 3. The molecule has 2 aromatic rings. The highest BCUT2D eigenvalue weighted by atomic mass is 32.2. The van der Waals surface area contributed by atoms with Crippen LogP contribution in [0.25, 0.3) is 0 Å². The van der Waals surface area contributed by atoms with Gasteiger partial charge in [0, 0.05) is 26.7 Å². The molecule has 0 spiro atoms. The molecule has 0 heterocycles. The lowest BCUT2D eigenvalue weighted by Crippen LogP contribution is -2.42. The van der Waals surface area contributed by atoms with Gasteiger partial charge in [0.15, 0.2) is 5.96 Å². The first-order chi connectivity index (χ1) is 13.4. The van der Waals surface area contributed by atoms with E-state index in [0.29, 0.717) is 19.0 Å². The van der Waals surface area contributed by atoms with Gasteiger partial charge < -0.3 is 15.4 Å². The summed E-state index contributed by atoms with van der Waals surface area (Å²) in [5.41, 5.74) is 2.21. The molecule has 0 saturated carbocycles. The van der Waals surface area contributed by atoms with Crippen LogP contribution in [0.15, 0.2) is 58.4 Å². The van der Waals surface area contributed by atoms with Gasteiger partial charge in [0.1, 0.15) is 5.75 Å². The van der Waals surface area contributed by atoms with Crippen molar-refractivity contribution in [1.82, 2.24) is 15.4 Å². The molecule has 0 atom stereocenters. The van der Waals surface area contributed by atoms with E-state index >= 15 is 0 Å². The number of nitrogens with one attached hydrogen (secondary N) is 3. The first-order valence-corrected chi connectivity index (χ1v) is 10.6. The smallest absolute Gasteiger partial charge is 0.240 e. The van der Waals surface area contributed by atoms with Gasteiger partial charge in [0.25, 0.3) is 0 Å². The van der Waals surface area contributed by atoms with E-state index < -0.39 is 10.0 Å². The molecular weight excluding hydrogens is 376 g/mol. The average molecular weight is 405 g/mol. The Morgan fingerprint density at radius 3 is 2.21 bits per heavy atom. The molecule has 0 aliphatic carbocycles. The number of benzene rings is 2. The zero-order chi connectivity index (χ0) is 20.4. The summed E-state index contributed by atoms with van der Waals surface area (Å²) >= 11 is 0. The van der Waals surface area contributed by atoms with Crippen molar-refractivity contribution in [2.45, 2.75) is 18.2 Å². The molecule has 0 amide bonds. The Hall–Kier alpha value is -2.58. The first kappa shape index (κ1) is 21.7. The number of aryl methyl sites for hydroxylation is 1. The largest absolute Gasteiger partial charge is 0.497 e. The van der Waals surface area contributed by atoms with Crippen LogP contribution in [0.5, 0.6) is 5.75 Å². The van der Waals surface area contributed by atoms with Crippen molar-refractivity contribution in [2.24, 2.45) is 4.99 Å². The molecule has 0 aliphatic heterocycles. The maximum absolute atomic E-state index is 12.2. The number of nitrogens with zero attached hydrogens (tertiary/aromatic N) is 1.